The van der Waals surface area contributed by atoms with Crippen molar-refractivity contribution in [2.75, 3.05) is 0 Å². The van der Waals surface area contributed by atoms with E-state index in [4.69, 9.17) is 22.0 Å². The van der Waals surface area contributed by atoms with Gasteiger partial charge in [0.15, 0.2) is 0 Å². The van der Waals surface area contributed by atoms with E-state index in [0.29, 0.717) is 16.3 Å². The first-order chi connectivity index (χ1) is 8.11. The number of carbonyl (C=O) groups is 1. The Balaban J connectivity index is 2.56. The molecule has 2 aromatic rings. The minimum Gasteiger partial charge on any atom is -0.478 e. The van der Waals surface area contributed by atoms with E-state index in [-0.39, 0.29) is 5.56 Å². The molecule has 0 atom stereocenters. The van der Waals surface area contributed by atoms with Gasteiger partial charge in [-0.1, -0.05) is 11.6 Å². The topological polar surface area (TPSA) is 78.9 Å². The Morgan fingerprint density at radius 3 is 2.88 bits per heavy atom. The number of nitrogens with zero attached hydrogens (tertiary/aromatic N) is 3. The van der Waals surface area contributed by atoms with Crippen molar-refractivity contribution in [2.24, 2.45) is 0 Å². The fourth-order valence-electron chi connectivity index (χ4n) is 1.35. The van der Waals surface area contributed by atoms with Crippen molar-refractivity contribution in [3.05, 3.63) is 46.7 Å². The molecule has 17 heavy (non-hydrogen) atoms. The molecule has 0 bridgehead atoms. The summed E-state index contributed by atoms with van der Waals surface area (Å²) in [5.41, 5.74) is 0.871. The molecule has 0 fully saturated rings. The first-order valence-electron chi connectivity index (χ1n) is 4.60. The molecule has 6 heteroatoms. The van der Waals surface area contributed by atoms with Crippen LogP contribution in [0.1, 0.15) is 15.9 Å². The van der Waals surface area contributed by atoms with E-state index in [1.807, 2.05) is 6.07 Å². The predicted octanol–water partition coefficient (Wildman–Crippen LogP) is 2.10. The van der Waals surface area contributed by atoms with Crippen LogP contribution in [0, 0.1) is 11.3 Å². The monoisotopic (exact) mass is 247 g/mol. The lowest BCUT2D eigenvalue weighted by molar-refractivity contribution is 0.0697. The highest BCUT2D eigenvalue weighted by atomic mass is 35.5. The summed E-state index contributed by atoms with van der Waals surface area (Å²) in [5, 5.41) is 22.1. The van der Waals surface area contributed by atoms with E-state index in [0.717, 1.165) is 0 Å². The number of rotatable bonds is 2. The summed E-state index contributed by atoms with van der Waals surface area (Å²) in [7, 11) is 0. The number of benzene rings is 1. The number of carboxylic acids is 1. The molecule has 0 aliphatic rings. The summed E-state index contributed by atoms with van der Waals surface area (Å²) in [4.78, 5) is 10.7. The SMILES string of the molecule is N#Cc1ccc(Cl)cc1-n1cc(C(=O)O)cn1. The van der Waals surface area contributed by atoms with Gasteiger partial charge in [-0.25, -0.2) is 9.48 Å². The van der Waals surface area contributed by atoms with Crippen LogP contribution >= 0.6 is 11.6 Å². The van der Waals surface area contributed by atoms with Gasteiger partial charge < -0.3 is 5.11 Å². The number of hydrogen-bond acceptors (Lipinski definition) is 3. The Hall–Kier alpha value is -2.32. The van der Waals surface area contributed by atoms with E-state index in [1.54, 1.807) is 18.2 Å². The largest absolute Gasteiger partial charge is 0.478 e. The minimum atomic E-state index is -1.07. The summed E-state index contributed by atoms with van der Waals surface area (Å²) in [6, 6.07) is 6.69. The third-order valence-corrected chi connectivity index (χ3v) is 2.39. The molecule has 1 heterocycles. The predicted molar refractivity (Wildman–Crippen MR) is 60.2 cm³/mol. The summed E-state index contributed by atoms with van der Waals surface area (Å²) < 4.78 is 1.31. The van der Waals surface area contributed by atoms with Crippen LogP contribution in [0.5, 0.6) is 0 Å². The second-order valence-electron chi connectivity index (χ2n) is 3.25. The van der Waals surface area contributed by atoms with Crippen LogP contribution in [0.15, 0.2) is 30.6 Å². The second-order valence-corrected chi connectivity index (χ2v) is 3.69. The molecule has 1 aromatic carbocycles. The van der Waals surface area contributed by atoms with Crippen LogP contribution in [-0.4, -0.2) is 20.9 Å². The third kappa shape index (κ3) is 2.12. The maximum atomic E-state index is 10.7. The zero-order valence-corrected chi connectivity index (χ0v) is 9.22. The van der Waals surface area contributed by atoms with Crippen molar-refractivity contribution >= 4 is 17.6 Å². The van der Waals surface area contributed by atoms with Crippen LogP contribution in [-0.2, 0) is 0 Å². The van der Waals surface area contributed by atoms with E-state index >= 15 is 0 Å². The highest BCUT2D eigenvalue weighted by molar-refractivity contribution is 6.30. The molecule has 1 aromatic heterocycles. The van der Waals surface area contributed by atoms with E-state index in [1.165, 1.54) is 17.1 Å². The van der Waals surface area contributed by atoms with Crippen LogP contribution < -0.4 is 0 Å². The average molecular weight is 248 g/mol. The first kappa shape index (κ1) is 11.2. The number of nitriles is 1. The molecule has 0 aliphatic carbocycles. The Bertz CT molecular complexity index is 628. The van der Waals surface area contributed by atoms with Crippen molar-refractivity contribution in [3.63, 3.8) is 0 Å². The Labute approximate surface area is 101 Å². The van der Waals surface area contributed by atoms with Crippen molar-refractivity contribution in [2.45, 2.75) is 0 Å². The fourth-order valence-corrected chi connectivity index (χ4v) is 1.52. The maximum Gasteiger partial charge on any atom is 0.338 e. The van der Waals surface area contributed by atoms with Gasteiger partial charge in [-0.15, -0.1) is 0 Å². The molecular weight excluding hydrogens is 242 g/mol. The zero-order chi connectivity index (χ0) is 12.4. The van der Waals surface area contributed by atoms with Crippen molar-refractivity contribution in [1.82, 2.24) is 9.78 Å². The molecule has 0 amide bonds. The van der Waals surface area contributed by atoms with E-state index in [9.17, 15) is 4.79 Å². The summed E-state index contributed by atoms with van der Waals surface area (Å²) >= 11 is 5.83. The number of aromatic nitrogens is 2. The number of carboxylic acid groups (broad SMARTS) is 1. The number of aromatic carboxylic acids is 1. The van der Waals surface area contributed by atoms with E-state index in [2.05, 4.69) is 5.10 Å². The minimum absolute atomic E-state index is 0.0499. The summed E-state index contributed by atoms with van der Waals surface area (Å²) in [5.74, 6) is -1.07. The molecule has 0 radical (unpaired) electrons. The van der Waals surface area contributed by atoms with Gasteiger partial charge in [0.25, 0.3) is 0 Å². The molecule has 5 nitrogen and oxygen atoms in total. The molecular formula is C11H6ClN3O2. The highest BCUT2D eigenvalue weighted by Gasteiger charge is 2.10. The standard InChI is InChI=1S/C11H6ClN3O2/c12-9-2-1-7(4-13)10(3-9)15-6-8(5-14-15)11(16)17/h1-3,5-6H,(H,16,17). The Morgan fingerprint density at radius 2 is 2.29 bits per heavy atom. The molecule has 84 valence electrons. The van der Waals surface area contributed by atoms with E-state index < -0.39 is 5.97 Å². The van der Waals surface area contributed by atoms with Crippen LogP contribution in [0.4, 0.5) is 0 Å². The Morgan fingerprint density at radius 1 is 1.53 bits per heavy atom. The lowest BCUT2D eigenvalue weighted by Gasteiger charge is -2.03. The molecule has 2 rings (SSSR count). The highest BCUT2D eigenvalue weighted by Crippen LogP contribution is 2.19. The van der Waals surface area contributed by atoms with Crippen molar-refractivity contribution in [1.29, 1.82) is 5.26 Å². The molecule has 0 saturated heterocycles. The second kappa shape index (κ2) is 4.28. The smallest absolute Gasteiger partial charge is 0.338 e. The van der Waals surface area contributed by atoms with Crippen LogP contribution in [0.3, 0.4) is 0 Å². The van der Waals surface area contributed by atoms with Gasteiger partial charge in [0.1, 0.15) is 6.07 Å². The van der Waals surface area contributed by atoms with Crippen LogP contribution in [0.25, 0.3) is 5.69 Å². The van der Waals surface area contributed by atoms with Crippen molar-refractivity contribution < 1.29 is 9.90 Å². The van der Waals surface area contributed by atoms with Crippen LogP contribution in [0.2, 0.25) is 5.02 Å². The fraction of sp³-hybridized carbons (Fsp3) is 0. The maximum absolute atomic E-state index is 10.7. The lowest BCUT2D eigenvalue weighted by Crippen LogP contribution is -1.98. The van der Waals surface area contributed by atoms with Gasteiger partial charge in [-0.3, -0.25) is 0 Å². The van der Waals surface area contributed by atoms with Gasteiger partial charge in [0, 0.05) is 11.2 Å². The van der Waals surface area contributed by atoms with Gasteiger partial charge >= 0.3 is 5.97 Å². The molecule has 0 spiro atoms. The quantitative estimate of drug-likeness (QED) is 0.881. The number of hydrogen-bond donors (Lipinski definition) is 1. The Kier molecular flexibility index (Phi) is 2.81. The molecule has 0 saturated carbocycles. The first-order valence-corrected chi connectivity index (χ1v) is 4.97. The van der Waals surface area contributed by atoms with Gasteiger partial charge in [0.2, 0.25) is 0 Å². The third-order valence-electron chi connectivity index (χ3n) is 2.16. The zero-order valence-electron chi connectivity index (χ0n) is 8.46. The van der Waals surface area contributed by atoms with Gasteiger partial charge in [0.05, 0.1) is 23.0 Å². The lowest BCUT2D eigenvalue weighted by atomic mass is 10.2. The molecule has 1 N–H and O–H groups in total. The molecule has 0 aliphatic heterocycles. The summed E-state index contributed by atoms with van der Waals surface area (Å²) in [6.07, 6.45) is 2.54. The van der Waals surface area contributed by atoms with Gasteiger partial charge in [-0.2, -0.15) is 10.4 Å². The van der Waals surface area contributed by atoms with Gasteiger partial charge in [-0.05, 0) is 18.2 Å². The average Bonchev–Trinajstić information content (AvgIpc) is 2.78. The molecule has 0 unspecified atom stereocenters. The van der Waals surface area contributed by atoms with Crippen molar-refractivity contribution in [3.8, 4) is 11.8 Å². The number of halogens is 1. The summed E-state index contributed by atoms with van der Waals surface area (Å²) in [6.45, 7) is 0. The normalized spacial score (nSPS) is 9.88.